The van der Waals surface area contributed by atoms with E-state index in [0.717, 1.165) is 18.2 Å². The van der Waals surface area contributed by atoms with Gasteiger partial charge in [0, 0.05) is 25.2 Å². The smallest absolute Gasteiger partial charge is 0.311 e. The van der Waals surface area contributed by atoms with Gasteiger partial charge in [-0.1, -0.05) is 6.07 Å². The molecule has 2 unspecified atom stereocenters. The second-order valence-electron chi connectivity index (χ2n) is 5.08. The first-order valence-corrected chi connectivity index (χ1v) is 7.87. The number of para-hydroxylation sites is 1. The Morgan fingerprint density at radius 1 is 1.41 bits per heavy atom. The zero-order valence-corrected chi connectivity index (χ0v) is 13.7. The van der Waals surface area contributed by atoms with Crippen LogP contribution in [0.4, 0.5) is 10.1 Å². The van der Waals surface area contributed by atoms with Crippen LogP contribution in [0.1, 0.15) is 13.8 Å². The number of nitrogens with one attached hydrogen (secondary N) is 1. The molecule has 1 heterocycles. The third-order valence-electron chi connectivity index (χ3n) is 3.43. The van der Waals surface area contributed by atoms with Crippen LogP contribution in [0.2, 0.25) is 0 Å². The van der Waals surface area contributed by atoms with Crippen molar-refractivity contribution in [1.29, 1.82) is 0 Å². The van der Waals surface area contributed by atoms with Crippen LogP contribution >= 0.6 is 12.4 Å². The monoisotopic (exact) mass is 353 g/mol. The molecule has 7 nitrogen and oxygen atoms in total. The van der Waals surface area contributed by atoms with E-state index in [0.29, 0.717) is 6.54 Å². The Kier molecular flexibility index (Phi) is 5.85. The number of nitro benzene ring substituents is 1. The van der Waals surface area contributed by atoms with Gasteiger partial charge in [0.05, 0.1) is 4.92 Å². The zero-order valence-electron chi connectivity index (χ0n) is 12.0. The summed E-state index contributed by atoms with van der Waals surface area (Å²) >= 11 is 0. The minimum absolute atomic E-state index is 0. The van der Waals surface area contributed by atoms with Crippen LogP contribution in [0.5, 0.6) is 0 Å². The van der Waals surface area contributed by atoms with Gasteiger partial charge in [0.1, 0.15) is 0 Å². The first-order valence-electron chi connectivity index (χ1n) is 6.43. The number of benzene rings is 1. The molecule has 1 aliphatic rings. The highest BCUT2D eigenvalue weighted by Gasteiger charge is 2.38. The van der Waals surface area contributed by atoms with Gasteiger partial charge in [0.25, 0.3) is 0 Å². The van der Waals surface area contributed by atoms with E-state index in [4.69, 9.17) is 0 Å². The van der Waals surface area contributed by atoms with Crippen molar-refractivity contribution < 1.29 is 17.7 Å². The Morgan fingerprint density at radius 2 is 2.05 bits per heavy atom. The van der Waals surface area contributed by atoms with Crippen LogP contribution in [0, 0.1) is 15.9 Å². The van der Waals surface area contributed by atoms with Crippen LogP contribution < -0.4 is 5.32 Å². The standard InChI is InChI=1S/C12H16FN3O4S.ClH/c1-8-7-15(9(2)6-14-8)21(19,20)11-5-3-4-10(13)12(11)16(17)18;/h3-5,8-9,14H,6-7H2,1-2H3;1H. The number of nitro groups is 1. The lowest BCUT2D eigenvalue weighted by atomic mass is 10.2. The van der Waals surface area contributed by atoms with Crippen molar-refractivity contribution >= 4 is 28.1 Å². The first-order chi connectivity index (χ1) is 9.75. The van der Waals surface area contributed by atoms with Crippen LogP contribution in [0.25, 0.3) is 0 Å². The van der Waals surface area contributed by atoms with Gasteiger partial charge < -0.3 is 5.32 Å². The van der Waals surface area contributed by atoms with Crippen molar-refractivity contribution in [2.24, 2.45) is 0 Å². The lowest BCUT2D eigenvalue weighted by Gasteiger charge is -2.36. The lowest BCUT2D eigenvalue weighted by Crippen LogP contribution is -2.56. The summed E-state index contributed by atoms with van der Waals surface area (Å²) in [6, 6.07) is 2.65. The fraction of sp³-hybridized carbons (Fsp3) is 0.500. The number of piperazine rings is 1. The van der Waals surface area contributed by atoms with Crippen LogP contribution in [-0.2, 0) is 10.0 Å². The summed E-state index contributed by atoms with van der Waals surface area (Å²) in [7, 11) is -4.13. The summed E-state index contributed by atoms with van der Waals surface area (Å²) in [6.45, 7) is 4.12. The summed E-state index contributed by atoms with van der Waals surface area (Å²) in [5.74, 6) is -1.16. The quantitative estimate of drug-likeness (QED) is 0.657. The normalized spacial score (nSPS) is 22.9. The maximum Gasteiger partial charge on any atom is 0.324 e. The first kappa shape index (κ1) is 18.8. The highest BCUT2D eigenvalue weighted by molar-refractivity contribution is 7.89. The van der Waals surface area contributed by atoms with Crippen LogP contribution in [0.15, 0.2) is 23.1 Å². The van der Waals surface area contributed by atoms with Gasteiger partial charge in [0.2, 0.25) is 15.8 Å². The summed E-state index contributed by atoms with van der Waals surface area (Å²) < 4.78 is 40.1. The van der Waals surface area contributed by atoms with E-state index in [-0.39, 0.29) is 31.0 Å². The average Bonchev–Trinajstić information content (AvgIpc) is 2.40. The maximum absolute atomic E-state index is 13.6. The number of halogens is 2. The molecule has 0 aromatic heterocycles. The Morgan fingerprint density at radius 3 is 2.64 bits per heavy atom. The molecule has 1 saturated heterocycles. The van der Waals surface area contributed by atoms with Crippen molar-refractivity contribution in [2.75, 3.05) is 13.1 Å². The molecule has 2 atom stereocenters. The van der Waals surface area contributed by atoms with Gasteiger partial charge in [0.15, 0.2) is 4.90 Å². The third-order valence-corrected chi connectivity index (χ3v) is 5.44. The minimum Gasteiger partial charge on any atom is -0.311 e. The predicted molar refractivity (Wildman–Crippen MR) is 81.1 cm³/mol. The van der Waals surface area contributed by atoms with Gasteiger partial charge in [-0.25, -0.2) is 8.42 Å². The number of hydrogen-bond acceptors (Lipinski definition) is 5. The van der Waals surface area contributed by atoms with Gasteiger partial charge >= 0.3 is 5.69 Å². The number of nitrogens with zero attached hydrogens (tertiary/aromatic N) is 2. The third kappa shape index (κ3) is 3.37. The molecule has 1 aromatic carbocycles. The van der Waals surface area contributed by atoms with E-state index in [9.17, 15) is 22.9 Å². The summed E-state index contributed by atoms with van der Waals surface area (Å²) in [5, 5.41) is 14.1. The number of rotatable bonds is 3. The molecule has 1 fully saturated rings. The Hall–Kier alpha value is -1.29. The molecule has 22 heavy (non-hydrogen) atoms. The number of hydrogen-bond donors (Lipinski definition) is 1. The van der Waals surface area contributed by atoms with Gasteiger partial charge in [-0.15, -0.1) is 12.4 Å². The van der Waals surface area contributed by atoms with Gasteiger partial charge in [-0.2, -0.15) is 8.70 Å². The number of sulfonamides is 1. The second kappa shape index (κ2) is 6.86. The molecule has 124 valence electrons. The molecule has 1 N–H and O–H groups in total. The van der Waals surface area contributed by atoms with Crippen molar-refractivity contribution in [3.63, 3.8) is 0 Å². The zero-order chi connectivity index (χ0) is 15.8. The van der Waals surface area contributed by atoms with Crippen molar-refractivity contribution in [3.05, 3.63) is 34.1 Å². The molecule has 10 heteroatoms. The molecule has 2 rings (SSSR count). The summed E-state index contributed by atoms with van der Waals surface area (Å²) in [6.07, 6.45) is 0. The molecule has 1 aliphatic heterocycles. The fourth-order valence-electron chi connectivity index (χ4n) is 2.33. The van der Waals surface area contributed by atoms with Crippen molar-refractivity contribution in [3.8, 4) is 0 Å². The molecule has 0 bridgehead atoms. The van der Waals surface area contributed by atoms with Crippen LogP contribution in [-0.4, -0.2) is 42.8 Å². The molecular formula is C12H17ClFN3O4S. The Bertz CT molecular complexity index is 670. The molecule has 0 amide bonds. The highest BCUT2D eigenvalue weighted by atomic mass is 35.5. The topological polar surface area (TPSA) is 92.5 Å². The summed E-state index contributed by atoms with van der Waals surface area (Å²) in [5.41, 5.74) is -1.00. The fourth-order valence-corrected chi connectivity index (χ4v) is 4.22. The molecule has 0 spiro atoms. The van der Waals surface area contributed by atoms with Crippen LogP contribution in [0.3, 0.4) is 0 Å². The maximum atomic E-state index is 13.6. The SMILES string of the molecule is CC1CN(S(=O)(=O)c2cccc(F)c2[N+](=O)[O-])C(C)CN1.Cl. The van der Waals surface area contributed by atoms with E-state index in [1.54, 1.807) is 6.92 Å². The highest BCUT2D eigenvalue weighted by Crippen LogP contribution is 2.30. The van der Waals surface area contributed by atoms with E-state index in [1.165, 1.54) is 4.31 Å². The Labute approximate surface area is 134 Å². The second-order valence-corrected chi connectivity index (χ2v) is 6.94. The van der Waals surface area contributed by atoms with Crippen molar-refractivity contribution in [1.82, 2.24) is 9.62 Å². The minimum atomic E-state index is -4.13. The average molecular weight is 354 g/mol. The van der Waals surface area contributed by atoms with Gasteiger partial charge in [-0.3, -0.25) is 10.1 Å². The van der Waals surface area contributed by atoms with E-state index in [2.05, 4.69) is 5.32 Å². The van der Waals surface area contributed by atoms with Crippen molar-refractivity contribution in [2.45, 2.75) is 30.8 Å². The molecule has 0 radical (unpaired) electrons. The molecule has 0 aliphatic carbocycles. The van der Waals surface area contributed by atoms with Gasteiger partial charge in [-0.05, 0) is 26.0 Å². The molecule has 0 saturated carbocycles. The molecular weight excluding hydrogens is 337 g/mol. The largest absolute Gasteiger partial charge is 0.324 e. The predicted octanol–water partition coefficient (Wildman–Crippen LogP) is 1.53. The lowest BCUT2D eigenvalue weighted by molar-refractivity contribution is -0.390. The van der Waals surface area contributed by atoms with E-state index >= 15 is 0 Å². The summed E-state index contributed by atoms with van der Waals surface area (Å²) in [4.78, 5) is 9.38. The van der Waals surface area contributed by atoms with E-state index in [1.807, 2.05) is 6.92 Å². The molecule has 1 aromatic rings. The van der Waals surface area contributed by atoms with E-state index < -0.39 is 31.3 Å². The Balaban J connectivity index is 0.00000242.